The molecule has 1 fully saturated rings. The van der Waals surface area contributed by atoms with E-state index in [1.54, 1.807) is 19.0 Å². The van der Waals surface area contributed by atoms with Crippen LogP contribution in [0.1, 0.15) is 76.6 Å². The van der Waals surface area contributed by atoms with Crippen molar-refractivity contribution < 1.29 is 4.79 Å². The summed E-state index contributed by atoms with van der Waals surface area (Å²) in [6.07, 6.45) is 7.83. The van der Waals surface area contributed by atoms with Crippen molar-refractivity contribution in [1.82, 2.24) is 4.90 Å². The number of nitrogens with zero attached hydrogens (tertiary/aromatic N) is 1. The fraction of sp³-hybridized carbons (Fsp3) is 0.682. The van der Waals surface area contributed by atoms with Gasteiger partial charge in [-0.1, -0.05) is 58.6 Å². The lowest BCUT2D eigenvalue weighted by Gasteiger charge is -2.38. The minimum atomic E-state index is -0.0585. The maximum absolute atomic E-state index is 12.0. The number of benzene rings is 1. The van der Waals surface area contributed by atoms with Crippen molar-refractivity contribution in [3.05, 3.63) is 28.8 Å². The Kier molecular flexibility index (Phi) is 10.1. The van der Waals surface area contributed by atoms with E-state index < -0.39 is 0 Å². The Balaban J connectivity index is 0.00000163. The first-order valence-electron chi connectivity index (χ1n) is 10.2. The van der Waals surface area contributed by atoms with Crippen LogP contribution in [0, 0.1) is 11.8 Å². The molecule has 1 N–H and O–H groups in total. The summed E-state index contributed by atoms with van der Waals surface area (Å²) in [5.41, 5.74) is 1.57. The van der Waals surface area contributed by atoms with Crippen LogP contribution in [0.2, 0.25) is 5.02 Å². The third-order valence-electron chi connectivity index (χ3n) is 5.15. The molecule has 26 heavy (non-hydrogen) atoms. The quantitative estimate of drug-likeness (QED) is 0.560. The minimum Gasteiger partial charge on any atom is -0.382 e. The molecule has 0 spiro atoms. The molecule has 1 aliphatic rings. The van der Waals surface area contributed by atoms with Crippen LogP contribution in [-0.4, -0.2) is 30.9 Å². The van der Waals surface area contributed by atoms with E-state index in [1.807, 2.05) is 32.0 Å². The summed E-state index contributed by atoms with van der Waals surface area (Å²) >= 11 is 6.28. The number of hydrogen-bond acceptors (Lipinski definition) is 2. The van der Waals surface area contributed by atoms with Crippen molar-refractivity contribution in [3.8, 4) is 0 Å². The van der Waals surface area contributed by atoms with Gasteiger partial charge in [-0.3, -0.25) is 4.79 Å². The molecule has 0 bridgehead atoms. The highest BCUT2D eigenvalue weighted by molar-refractivity contribution is 6.34. The van der Waals surface area contributed by atoms with E-state index in [0.717, 1.165) is 17.5 Å². The number of halogens is 1. The first-order chi connectivity index (χ1) is 12.4. The summed E-state index contributed by atoms with van der Waals surface area (Å²) in [6, 6.07) is 6.19. The molecule has 4 heteroatoms. The number of amides is 1. The van der Waals surface area contributed by atoms with Crippen molar-refractivity contribution in [2.45, 2.75) is 72.3 Å². The van der Waals surface area contributed by atoms with Crippen LogP contribution in [0.4, 0.5) is 5.69 Å². The van der Waals surface area contributed by atoms with E-state index in [0.29, 0.717) is 16.6 Å². The molecule has 1 aromatic rings. The molecule has 1 saturated carbocycles. The number of nitrogens with one attached hydrogen (secondary N) is 1. The third kappa shape index (κ3) is 6.50. The molecular formula is C22H37ClN2O. The summed E-state index contributed by atoms with van der Waals surface area (Å²) in [5, 5.41) is 4.08. The summed E-state index contributed by atoms with van der Waals surface area (Å²) in [7, 11) is 3.48. The van der Waals surface area contributed by atoms with Crippen molar-refractivity contribution in [2.75, 3.05) is 19.4 Å². The fourth-order valence-corrected chi connectivity index (χ4v) is 3.93. The molecule has 2 rings (SSSR count). The SMILES string of the molecule is CC.CCCC(CC)CC1CC(Nc2ccc(C(=O)N(C)C)c(Cl)c2)C1. The van der Waals surface area contributed by atoms with Crippen LogP contribution in [0.25, 0.3) is 0 Å². The molecule has 1 atom stereocenters. The summed E-state index contributed by atoms with van der Waals surface area (Å²) in [6.45, 7) is 8.59. The molecule has 0 aliphatic heterocycles. The van der Waals surface area contributed by atoms with Crippen molar-refractivity contribution >= 4 is 23.2 Å². The molecule has 0 saturated heterocycles. The average molecular weight is 381 g/mol. The predicted molar refractivity (Wildman–Crippen MR) is 114 cm³/mol. The number of carbonyl (C=O) groups is 1. The van der Waals surface area contributed by atoms with E-state index in [2.05, 4.69) is 19.2 Å². The lowest BCUT2D eigenvalue weighted by molar-refractivity contribution is 0.0828. The summed E-state index contributed by atoms with van der Waals surface area (Å²) in [5.74, 6) is 1.70. The Hall–Kier alpha value is -1.22. The molecule has 148 valence electrons. The molecule has 1 amide bonds. The van der Waals surface area contributed by atoms with Crippen molar-refractivity contribution in [2.24, 2.45) is 11.8 Å². The van der Waals surface area contributed by atoms with Gasteiger partial charge in [-0.05, 0) is 49.3 Å². The highest BCUT2D eigenvalue weighted by Gasteiger charge is 2.30. The van der Waals surface area contributed by atoms with Gasteiger partial charge in [-0.15, -0.1) is 0 Å². The molecule has 1 aliphatic carbocycles. The van der Waals surface area contributed by atoms with Gasteiger partial charge in [-0.25, -0.2) is 0 Å². The zero-order chi connectivity index (χ0) is 19.7. The Morgan fingerprint density at radius 3 is 2.42 bits per heavy atom. The van der Waals surface area contributed by atoms with E-state index in [4.69, 9.17) is 11.6 Å². The van der Waals surface area contributed by atoms with Crippen LogP contribution in [0.3, 0.4) is 0 Å². The van der Waals surface area contributed by atoms with Crippen molar-refractivity contribution in [1.29, 1.82) is 0 Å². The van der Waals surface area contributed by atoms with Crippen LogP contribution in [0.5, 0.6) is 0 Å². The van der Waals surface area contributed by atoms with E-state index >= 15 is 0 Å². The second-order valence-electron chi connectivity index (χ2n) is 7.37. The van der Waals surface area contributed by atoms with Gasteiger partial charge in [0.05, 0.1) is 10.6 Å². The highest BCUT2D eigenvalue weighted by atomic mass is 35.5. The highest BCUT2D eigenvalue weighted by Crippen LogP contribution is 2.37. The molecule has 1 aromatic carbocycles. The average Bonchev–Trinajstić information content (AvgIpc) is 2.60. The van der Waals surface area contributed by atoms with E-state index in [9.17, 15) is 4.79 Å². The second kappa shape index (κ2) is 11.5. The molecule has 1 unspecified atom stereocenters. The standard InChI is InChI=1S/C20H31ClN2O.C2H6/c1-5-7-14(6-2)10-15-11-17(12-15)22-16-8-9-18(19(21)13-16)20(24)23(3)4;1-2/h8-9,13-15,17,22H,5-7,10-12H2,1-4H3;1-2H3. The van der Waals surface area contributed by atoms with Crippen molar-refractivity contribution in [3.63, 3.8) is 0 Å². The topological polar surface area (TPSA) is 32.3 Å². The van der Waals surface area contributed by atoms with Crippen LogP contribution >= 0.6 is 11.6 Å². The fourth-order valence-electron chi connectivity index (χ4n) is 3.67. The summed E-state index contributed by atoms with van der Waals surface area (Å²) in [4.78, 5) is 13.6. The van der Waals surface area contributed by atoms with Gasteiger partial charge < -0.3 is 10.2 Å². The molecule has 0 radical (unpaired) electrons. The minimum absolute atomic E-state index is 0.0585. The van der Waals surface area contributed by atoms with Gasteiger partial charge in [0.25, 0.3) is 5.91 Å². The first kappa shape index (κ1) is 22.8. The van der Waals surface area contributed by atoms with Gasteiger partial charge in [0, 0.05) is 25.8 Å². The zero-order valence-electron chi connectivity index (χ0n) is 17.4. The second-order valence-corrected chi connectivity index (χ2v) is 7.78. The van der Waals surface area contributed by atoms with Gasteiger partial charge in [0.15, 0.2) is 0 Å². The third-order valence-corrected chi connectivity index (χ3v) is 5.47. The van der Waals surface area contributed by atoms with Gasteiger partial charge >= 0.3 is 0 Å². The van der Waals surface area contributed by atoms with Crippen LogP contribution < -0.4 is 5.32 Å². The first-order valence-corrected chi connectivity index (χ1v) is 10.6. The zero-order valence-corrected chi connectivity index (χ0v) is 18.2. The smallest absolute Gasteiger partial charge is 0.254 e. The molecule has 0 heterocycles. The maximum atomic E-state index is 12.0. The Morgan fingerprint density at radius 1 is 1.27 bits per heavy atom. The molecule has 3 nitrogen and oxygen atoms in total. The van der Waals surface area contributed by atoms with Gasteiger partial charge in [0.1, 0.15) is 0 Å². The Labute approximate surface area is 165 Å². The number of hydrogen-bond donors (Lipinski definition) is 1. The largest absolute Gasteiger partial charge is 0.382 e. The van der Waals surface area contributed by atoms with Crippen LogP contribution in [-0.2, 0) is 0 Å². The maximum Gasteiger partial charge on any atom is 0.254 e. The van der Waals surface area contributed by atoms with Gasteiger partial charge in [0.2, 0.25) is 0 Å². The summed E-state index contributed by atoms with van der Waals surface area (Å²) < 4.78 is 0. The Morgan fingerprint density at radius 2 is 1.92 bits per heavy atom. The number of anilines is 1. The monoisotopic (exact) mass is 380 g/mol. The lowest BCUT2D eigenvalue weighted by atomic mass is 9.74. The predicted octanol–water partition coefficient (Wildman–Crippen LogP) is 6.47. The Bertz CT molecular complexity index is 553. The number of carbonyl (C=O) groups excluding carboxylic acids is 1. The van der Waals surface area contributed by atoms with E-state index in [-0.39, 0.29) is 5.91 Å². The van der Waals surface area contributed by atoms with E-state index in [1.165, 1.54) is 38.5 Å². The van der Waals surface area contributed by atoms with Crippen LogP contribution in [0.15, 0.2) is 18.2 Å². The molecular weight excluding hydrogens is 344 g/mol. The van der Waals surface area contributed by atoms with Gasteiger partial charge in [-0.2, -0.15) is 0 Å². The number of rotatable bonds is 8. The normalized spacial score (nSPS) is 19.7. The lowest BCUT2D eigenvalue weighted by Crippen LogP contribution is -2.36. The molecule has 0 aromatic heterocycles.